The van der Waals surface area contributed by atoms with Crippen LogP contribution in [-0.4, -0.2) is 50.3 Å². The average molecular weight is 540 g/mol. The molecule has 13 heteroatoms. The third-order valence-corrected chi connectivity index (χ3v) is 7.53. The second-order valence-electron chi connectivity index (χ2n) is 7.57. The van der Waals surface area contributed by atoms with Gasteiger partial charge in [0.05, 0.1) is 28.5 Å². The van der Waals surface area contributed by atoms with Crippen molar-refractivity contribution >= 4 is 54.1 Å². The van der Waals surface area contributed by atoms with Gasteiger partial charge in [0.2, 0.25) is 15.0 Å². The van der Waals surface area contributed by atoms with Gasteiger partial charge in [0.1, 0.15) is 23.0 Å². The van der Waals surface area contributed by atoms with Crippen LogP contribution in [0.5, 0.6) is 5.75 Å². The van der Waals surface area contributed by atoms with Crippen LogP contribution < -0.4 is 9.64 Å². The quantitative estimate of drug-likeness (QED) is 0.419. The van der Waals surface area contributed by atoms with E-state index in [2.05, 4.69) is 32.0 Å². The maximum atomic E-state index is 15.0. The molecule has 1 aromatic carbocycles. The zero-order valence-electron chi connectivity index (χ0n) is 15.9. The number of hydrogen-bond donors (Lipinski definition) is 0. The van der Waals surface area contributed by atoms with Crippen molar-refractivity contribution < 1.29 is 26.3 Å². The first-order valence-electron chi connectivity index (χ1n) is 9.18. The Morgan fingerprint density at radius 3 is 2.71 bits per heavy atom. The zero-order valence-corrected chi connectivity index (χ0v) is 19.1. The van der Waals surface area contributed by atoms with Crippen molar-refractivity contribution in [2.45, 2.75) is 30.5 Å². The van der Waals surface area contributed by atoms with Crippen LogP contribution in [0.4, 0.5) is 19.0 Å². The largest absolute Gasteiger partial charge is 0.489 e. The van der Waals surface area contributed by atoms with E-state index in [4.69, 9.17) is 21.6 Å². The number of hydrogen-bond acceptors (Lipinski definition) is 7. The lowest BCUT2D eigenvalue weighted by Crippen LogP contribution is -2.42. The first-order valence-corrected chi connectivity index (χ1v) is 12.2. The molecule has 1 aliphatic heterocycles. The summed E-state index contributed by atoms with van der Waals surface area (Å²) < 4.78 is 72.0. The topological polar surface area (TPSA) is 96.2 Å². The summed E-state index contributed by atoms with van der Waals surface area (Å²) in [7, 11) is -4.00. The molecule has 1 aliphatic carbocycles. The number of benzene rings is 1. The highest BCUT2D eigenvalue weighted by Gasteiger charge is 2.42. The van der Waals surface area contributed by atoms with E-state index in [0.717, 1.165) is 6.26 Å². The molecule has 0 N–H and O–H groups in total. The molecule has 0 radical (unpaired) electrons. The highest BCUT2D eigenvalue weighted by Crippen LogP contribution is 2.48. The highest BCUT2D eigenvalue weighted by atomic mass is 79.9. The fourth-order valence-electron chi connectivity index (χ4n) is 3.75. The number of nitrogens with zero attached hydrogens (tertiary/aromatic N) is 4. The minimum absolute atomic E-state index is 0.00867. The molecular weight excluding hydrogens is 525 g/mol. The van der Waals surface area contributed by atoms with E-state index in [1.54, 1.807) is 0 Å². The summed E-state index contributed by atoms with van der Waals surface area (Å²) in [6, 6.07) is 1.49. The van der Waals surface area contributed by atoms with Crippen molar-refractivity contribution in [3.05, 3.63) is 15.3 Å². The molecule has 4 rings (SSSR count). The molecule has 1 aromatic heterocycles. The van der Waals surface area contributed by atoms with Crippen LogP contribution >= 0.6 is 27.5 Å². The second kappa shape index (κ2) is 7.94. The normalized spacial score (nSPS) is 22.9. The van der Waals surface area contributed by atoms with E-state index in [1.807, 2.05) is 0 Å². The Hall–Kier alpha value is -1.84. The first kappa shape index (κ1) is 22.4. The zero-order chi connectivity index (χ0) is 22.7. The van der Waals surface area contributed by atoms with Crippen LogP contribution in [0.15, 0.2) is 9.63 Å². The average Bonchev–Trinajstić information content (AvgIpc) is 3.47. The predicted molar refractivity (Wildman–Crippen MR) is 110 cm³/mol. The standard InChI is InChI=1S/C18H15BrClF3N4O3S/c1-31(28,29)18-25-15-11-16(13(20)12(19)14(15)23)30-6-9(3-7-2-8(7)4-24)27(5-10(21)22)17(11)26-18/h7-10H,2-3,5-6H2,1H3. The number of anilines is 1. The Morgan fingerprint density at radius 1 is 1.42 bits per heavy atom. The summed E-state index contributed by atoms with van der Waals surface area (Å²) in [5.41, 5.74) is -0.405. The van der Waals surface area contributed by atoms with Crippen molar-refractivity contribution in [2.75, 3.05) is 24.3 Å². The van der Waals surface area contributed by atoms with Crippen LogP contribution in [0.2, 0.25) is 5.02 Å². The SMILES string of the molecule is CS(=O)(=O)c1nc2c3c(c(Cl)c(Br)c(F)c3n1)OCC(CC1CC1C#N)N2CC(F)F. The molecular formula is C18H15BrClF3N4O3S. The Balaban J connectivity index is 1.98. The van der Waals surface area contributed by atoms with Crippen molar-refractivity contribution in [1.29, 1.82) is 5.26 Å². The summed E-state index contributed by atoms with van der Waals surface area (Å²) in [6.07, 6.45) is -0.969. The van der Waals surface area contributed by atoms with Gasteiger partial charge in [-0.1, -0.05) is 11.6 Å². The van der Waals surface area contributed by atoms with Gasteiger partial charge in [-0.25, -0.2) is 31.6 Å². The molecule has 0 spiro atoms. The van der Waals surface area contributed by atoms with Crippen LogP contribution in [0.25, 0.3) is 10.9 Å². The van der Waals surface area contributed by atoms with Crippen molar-refractivity contribution in [3.63, 3.8) is 0 Å². The van der Waals surface area contributed by atoms with E-state index in [9.17, 15) is 17.2 Å². The maximum Gasteiger partial charge on any atom is 0.255 e. The lowest BCUT2D eigenvalue weighted by atomic mass is 10.1. The van der Waals surface area contributed by atoms with Crippen molar-refractivity contribution in [2.24, 2.45) is 11.8 Å². The first-order chi connectivity index (χ1) is 14.5. The Kier molecular flexibility index (Phi) is 5.72. The van der Waals surface area contributed by atoms with Gasteiger partial charge >= 0.3 is 0 Å². The van der Waals surface area contributed by atoms with E-state index in [1.165, 1.54) is 4.90 Å². The number of alkyl halides is 2. The van der Waals surface area contributed by atoms with Crippen molar-refractivity contribution in [3.8, 4) is 11.8 Å². The Morgan fingerprint density at radius 2 is 2.13 bits per heavy atom. The molecule has 3 atom stereocenters. The summed E-state index contributed by atoms with van der Waals surface area (Å²) in [5.74, 6) is -1.35. The van der Waals surface area contributed by atoms with Gasteiger partial charge in [0, 0.05) is 12.2 Å². The van der Waals surface area contributed by atoms with E-state index in [0.29, 0.717) is 12.8 Å². The molecule has 2 aliphatic rings. The molecule has 2 aromatic rings. The molecule has 1 fully saturated rings. The molecule has 1 saturated carbocycles. The van der Waals surface area contributed by atoms with E-state index < -0.39 is 45.3 Å². The fourth-order valence-corrected chi connectivity index (χ4v) is 4.86. The molecule has 166 valence electrons. The third-order valence-electron chi connectivity index (χ3n) is 5.35. The third kappa shape index (κ3) is 4.03. The lowest BCUT2D eigenvalue weighted by molar-refractivity contribution is 0.147. The van der Waals surface area contributed by atoms with E-state index in [-0.39, 0.29) is 44.9 Å². The van der Waals surface area contributed by atoms with Crippen LogP contribution in [0.3, 0.4) is 0 Å². The molecule has 2 heterocycles. The summed E-state index contributed by atoms with van der Waals surface area (Å²) in [4.78, 5) is 9.08. The fraction of sp³-hybridized carbons (Fsp3) is 0.500. The second-order valence-corrected chi connectivity index (χ2v) is 10.7. The molecule has 7 nitrogen and oxygen atoms in total. The summed E-state index contributed by atoms with van der Waals surface area (Å²) in [6.45, 7) is -0.874. The molecule has 0 saturated heterocycles. The maximum absolute atomic E-state index is 15.0. The number of ether oxygens (including phenoxy) is 1. The number of sulfone groups is 1. The van der Waals surface area contributed by atoms with Gasteiger partial charge in [-0.15, -0.1) is 0 Å². The van der Waals surface area contributed by atoms with Gasteiger partial charge in [-0.2, -0.15) is 5.26 Å². The summed E-state index contributed by atoms with van der Waals surface area (Å²) >= 11 is 9.27. The van der Waals surface area contributed by atoms with Gasteiger partial charge in [0.15, 0.2) is 11.6 Å². The van der Waals surface area contributed by atoms with Gasteiger partial charge < -0.3 is 9.64 Å². The Bertz CT molecular complexity index is 1220. The predicted octanol–water partition coefficient (Wildman–Crippen LogP) is 3.97. The minimum atomic E-state index is -4.00. The summed E-state index contributed by atoms with van der Waals surface area (Å²) in [5, 5.41) is 8.18. The number of halogens is 5. The Labute approximate surface area is 189 Å². The van der Waals surface area contributed by atoms with Crippen molar-refractivity contribution in [1.82, 2.24) is 9.97 Å². The lowest BCUT2D eigenvalue weighted by Gasteiger charge is -2.31. The van der Waals surface area contributed by atoms with Crippen LogP contribution in [-0.2, 0) is 9.84 Å². The molecule has 0 bridgehead atoms. The molecule has 31 heavy (non-hydrogen) atoms. The number of aromatic nitrogens is 2. The van der Waals surface area contributed by atoms with Crippen LogP contribution in [0.1, 0.15) is 12.8 Å². The van der Waals surface area contributed by atoms with Gasteiger partial charge in [-0.05, 0) is 34.7 Å². The van der Waals surface area contributed by atoms with Gasteiger partial charge in [-0.3, -0.25) is 0 Å². The highest BCUT2D eigenvalue weighted by molar-refractivity contribution is 9.10. The van der Waals surface area contributed by atoms with Gasteiger partial charge in [0.25, 0.3) is 6.43 Å². The van der Waals surface area contributed by atoms with Crippen LogP contribution in [0, 0.1) is 29.0 Å². The minimum Gasteiger partial charge on any atom is -0.489 e. The molecule has 3 unspecified atom stereocenters. The monoisotopic (exact) mass is 538 g/mol. The number of rotatable bonds is 5. The smallest absolute Gasteiger partial charge is 0.255 e. The van der Waals surface area contributed by atoms with E-state index >= 15 is 4.39 Å². The number of nitriles is 1. The molecule has 0 amide bonds.